The summed E-state index contributed by atoms with van der Waals surface area (Å²) in [6.07, 6.45) is 1.55. The molecule has 0 saturated carbocycles. The van der Waals surface area contributed by atoms with E-state index in [2.05, 4.69) is 15.5 Å². The van der Waals surface area contributed by atoms with Crippen LogP contribution in [0.2, 0.25) is 0 Å². The van der Waals surface area contributed by atoms with Crippen LogP contribution in [0.3, 0.4) is 0 Å². The van der Waals surface area contributed by atoms with E-state index in [-0.39, 0.29) is 5.91 Å². The van der Waals surface area contributed by atoms with Crippen LogP contribution in [0.15, 0.2) is 24.3 Å². The third kappa shape index (κ3) is 2.41. The molecule has 0 radical (unpaired) electrons. The molecule has 1 heterocycles. The fourth-order valence-electron chi connectivity index (χ4n) is 2.22. The third-order valence-corrected chi connectivity index (χ3v) is 3.20. The summed E-state index contributed by atoms with van der Waals surface area (Å²) >= 11 is 0. The summed E-state index contributed by atoms with van der Waals surface area (Å²) in [4.78, 5) is 13.8. The number of amides is 1. The Kier molecular flexibility index (Phi) is 3.43. The third-order valence-electron chi connectivity index (χ3n) is 3.20. The van der Waals surface area contributed by atoms with Crippen molar-refractivity contribution in [2.24, 2.45) is 5.73 Å². The van der Waals surface area contributed by atoms with Crippen molar-refractivity contribution in [3.63, 3.8) is 0 Å². The van der Waals surface area contributed by atoms with Gasteiger partial charge >= 0.3 is 0 Å². The number of nitrogens with two attached hydrogens (primary N) is 1. The monoisotopic (exact) mass is 248 g/mol. The molecule has 2 rings (SSSR count). The van der Waals surface area contributed by atoms with Gasteiger partial charge in [-0.25, -0.2) is 0 Å². The molecule has 0 atom stereocenters. The lowest BCUT2D eigenvalue weighted by Crippen LogP contribution is -2.53. The Hall–Kier alpha value is -1.75. The molecule has 5 heteroatoms. The smallest absolute Gasteiger partial charge is 0.263 e. The second-order valence-electron chi connectivity index (χ2n) is 4.97. The van der Waals surface area contributed by atoms with Gasteiger partial charge in [-0.05, 0) is 45.6 Å². The van der Waals surface area contributed by atoms with Crippen LogP contribution in [-0.4, -0.2) is 37.1 Å². The Morgan fingerprint density at radius 2 is 1.83 bits per heavy atom. The molecule has 0 aromatic heterocycles. The number of rotatable bonds is 5. The second kappa shape index (κ2) is 4.86. The maximum absolute atomic E-state index is 11.8. The van der Waals surface area contributed by atoms with Gasteiger partial charge in [-0.15, -0.1) is 0 Å². The van der Waals surface area contributed by atoms with Crippen molar-refractivity contribution in [3.8, 4) is 0 Å². The first-order valence-electron chi connectivity index (χ1n) is 6.13. The molecule has 0 saturated heterocycles. The van der Waals surface area contributed by atoms with Gasteiger partial charge in [-0.2, -0.15) is 0 Å². The highest BCUT2D eigenvalue weighted by Gasteiger charge is 2.41. The van der Waals surface area contributed by atoms with Crippen LogP contribution >= 0.6 is 0 Å². The molecule has 0 aliphatic carbocycles. The van der Waals surface area contributed by atoms with Crippen molar-refractivity contribution >= 4 is 17.3 Å². The number of benzene rings is 1. The van der Waals surface area contributed by atoms with Crippen molar-refractivity contribution in [3.05, 3.63) is 24.3 Å². The normalized spacial score (nSPS) is 15.9. The minimum Gasteiger partial charge on any atom is -0.366 e. The van der Waals surface area contributed by atoms with E-state index in [0.717, 1.165) is 24.3 Å². The number of anilines is 2. The van der Waals surface area contributed by atoms with Crippen LogP contribution in [-0.2, 0) is 4.79 Å². The maximum Gasteiger partial charge on any atom is 0.263 e. The van der Waals surface area contributed by atoms with Gasteiger partial charge in [0, 0.05) is 0 Å². The van der Waals surface area contributed by atoms with Gasteiger partial charge in [0.05, 0.1) is 11.4 Å². The average Bonchev–Trinajstić information content (AvgIpc) is 2.68. The molecule has 1 aliphatic rings. The van der Waals surface area contributed by atoms with Crippen molar-refractivity contribution < 1.29 is 4.79 Å². The molecule has 5 nitrogen and oxygen atoms in total. The SMILES string of the molecule is CN(C)CCCC1(C(N)=O)Nc2ccccc2N1. The summed E-state index contributed by atoms with van der Waals surface area (Å²) in [5.74, 6) is -0.363. The zero-order valence-electron chi connectivity index (χ0n) is 10.9. The molecule has 1 aliphatic heterocycles. The van der Waals surface area contributed by atoms with E-state index < -0.39 is 5.66 Å². The van der Waals surface area contributed by atoms with Gasteiger partial charge in [0.25, 0.3) is 5.91 Å². The summed E-state index contributed by atoms with van der Waals surface area (Å²) in [5.41, 5.74) is 6.57. The van der Waals surface area contributed by atoms with E-state index in [0.29, 0.717) is 6.42 Å². The van der Waals surface area contributed by atoms with Crippen LogP contribution in [0.1, 0.15) is 12.8 Å². The van der Waals surface area contributed by atoms with Gasteiger partial charge < -0.3 is 21.3 Å². The van der Waals surface area contributed by atoms with Gasteiger partial charge in [-0.1, -0.05) is 12.1 Å². The molecule has 0 spiro atoms. The molecule has 1 aromatic rings. The Morgan fingerprint density at radius 3 is 2.28 bits per heavy atom. The van der Waals surface area contributed by atoms with Crippen LogP contribution in [0.25, 0.3) is 0 Å². The number of para-hydroxylation sites is 2. The molecular weight excluding hydrogens is 228 g/mol. The first kappa shape index (κ1) is 12.7. The molecule has 1 aromatic carbocycles. The topological polar surface area (TPSA) is 70.4 Å². The first-order chi connectivity index (χ1) is 8.53. The molecular formula is C13H20N4O. The number of nitrogens with one attached hydrogen (secondary N) is 2. The standard InChI is InChI=1S/C13H20N4O/c1-17(2)9-5-8-13(12(14)18)15-10-6-3-4-7-11(10)16-13/h3-4,6-7,15-16H,5,8-9H2,1-2H3,(H2,14,18). The van der Waals surface area contributed by atoms with E-state index in [1.54, 1.807) is 0 Å². The molecule has 0 fully saturated rings. The van der Waals surface area contributed by atoms with E-state index >= 15 is 0 Å². The molecule has 1 amide bonds. The minimum atomic E-state index is -0.848. The maximum atomic E-state index is 11.8. The highest BCUT2D eigenvalue weighted by Crippen LogP contribution is 2.35. The average molecular weight is 248 g/mol. The molecule has 18 heavy (non-hydrogen) atoms. The van der Waals surface area contributed by atoms with Gasteiger partial charge in [-0.3, -0.25) is 4.79 Å². The molecule has 0 bridgehead atoms. The number of carbonyl (C=O) groups excluding carboxylic acids is 1. The summed E-state index contributed by atoms with van der Waals surface area (Å²) in [6, 6.07) is 7.76. The predicted molar refractivity (Wildman–Crippen MR) is 73.4 cm³/mol. The second-order valence-corrected chi connectivity index (χ2v) is 4.97. The van der Waals surface area contributed by atoms with Crippen molar-refractivity contribution in [1.29, 1.82) is 0 Å². The number of hydrogen-bond donors (Lipinski definition) is 3. The molecule has 0 unspecified atom stereocenters. The number of carbonyl (C=O) groups is 1. The lowest BCUT2D eigenvalue weighted by molar-refractivity contribution is -0.121. The van der Waals surface area contributed by atoms with Crippen LogP contribution in [0.5, 0.6) is 0 Å². The summed E-state index contributed by atoms with van der Waals surface area (Å²) in [7, 11) is 4.03. The van der Waals surface area contributed by atoms with Crippen molar-refractivity contribution in [2.75, 3.05) is 31.3 Å². The van der Waals surface area contributed by atoms with E-state index in [1.165, 1.54) is 0 Å². The Labute approximate surface area is 107 Å². The van der Waals surface area contributed by atoms with Crippen LogP contribution in [0, 0.1) is 0 Å². The Balaban J connectivity index is 2.10. The van der Waals surface area contributed by atoms with Gasteiger partial charge in [0.2, 0.25) is 0 Å². The fourth-order valence-corrected chi connectivity index (χ4v) is 2.22. The highest BCUT2D eigenvalue weighted by atomic mass is 16.2. The number of nitrogens with zero attached hydrogens (tertiary/aromatic N) is 1. The largest absolute Gasteiger partial charge is 0.366 e. The van der Waals surface area contributed by atoms with Crippen molar-refractivity contribution in [2.45, 2.75) is 18.5 Å². The highest BCUT2D eigenvalue weighted by molar-refractivity contribution is 5.96. The Morgan fingerprint density at radius 1 is 1.28 bits per heavy atom. The van der Waals surface area contributed by atoms with Crippen molar-refractivity contribution in [1.82, 2.24) is 4.90 Å². The fraction of sp³-hybridized carbons (Fsp3) is 0.462. The predicted octanol–water partition coefficient (Wildman–Crippen LogP) is 1.05. The minimum absolute atomic E-state index is 0.363. The first-order valence-corrected chi connectivity index (χ1v) is 6.13. The van der Waals surface area contributed by atoms with E-state index in [9.17, 15) is 4.79 Å². The van der Waals surface area contributed by atoms with Crippen LogP contribution < -0.4 is 16.4 Å². The summed E-state index contributed by atoms with van der Waals surface area (Å²) in [5, 5.41) is 6.43. The van der Waals surface area contributed by atoms with E-state index in [4.69, 9.17) is 5.73 Å². The quantitative estimate of drug-likeness (QED) is 0.728. The number of primary amides is 1. The lowest BCUT2D eigenvalue weighted by atomic mass is 10.0. The number of fused-ring (bicyclic) bond motifs is 1. The summed E-state index contributed by atoms with van der Waals surface area (Å²) < 4.78 is 0. The molecule has 98 valence electrons. The van der Waals surface area contributed by atoms with E-state index in [1.807, 2.05) is 38.4 Å². The summed E-state index contributed by atoms with van der Waals surface area (Å²) in [6.45, 7) is 0.925. The Bertz CT molecular complexity index is 419. The van der Waals surface area contributed by atoms with Gasteiger partial charge in [0.15, 0.2) is 5.66 Å². The van der Waals surface area contributed by atoms with Crippen LogP contribution in [0.4, 0.5) is 11.4 Å². The zero-order chi connectivity index (χ0) is 13.2. The molecule has 4 N–H and O–H groups in total. The number of hydrogen-bond acceptors (Lipinski definition) is 4. The van der Waals surface area contributed by atoms with Gasteiger partial charge in [0.1, 0.15) is 0 Å². The zero-order valence-corrected chi connectivity index (χ0v) is 10.9. The lowest BCUT2D eigenvalue weighted by Gasteiger charge is -2.27.